The van der Waals surface area contributed by atoms with Gasteiger partial charge < -0.3 is 10.4 Å². The van der Waals surface area contributed by atoms with E-state index in [2.05, 4.69) is 10.4 Å². The molecular formula is C8H11N3O2. The van der Waals surface area contributed by atoms with Gasteiger partial charge in [0.25, 0.3) is 0 Å². The number of fused-ring (bicyclic) bond motifs is 1. The van der Waals surface area contributed by atoms with Gasteiger partial charge in [0.2, 0.25) is 0 Å². The number of nitrogens with one attached hydrogen (secondary N) is 1. The van der Waals surface area contributed by atoms with E-state index in [1.807, 2.05) is 13.8 Å². The summed E-state index contributed by atoms with van der Waals surface area (Å²) in [5, 5.41) is 15.9. The Morgan fingerprint density at radius 3 is 3.00 bits per heavy atom. The molecule has 0 amide bonds. The highest BCUT2D eigenvalue weighted by atomic mass is 16.4. The lowest BCUT2D eigenvalue weighted by molar-refractivity contribution is 0.192. The van der Waals surface area contributed by atoms with Gasteiger partial charge in [-0.3, -0.25) is 0 Å². The number of hydrogen-bond acceptors (Lipinski definition) is 3. The van der Waals surface area contributed by atoms with Crippen molar-refractivity contribution in [1.82, 2.24) is 15.1 Å². The predicted molar refractivity (Wildman–Crippen MR) is 45.5 cm³/mol. The number of nitrogens with zero attached hydrogens (tertiary/aromatic N) is 2. The second kappa shape index (κ2) is 2.32. The summed E-state index contributed by atoms with van der Waals surface area (Å²) in [5.41, 5.74) is 1.58. The first-order valence-electron chi connectivity index (χ1n) is 4.08. The highest BCUT2D eigenvalue weighted by molar-refractivity contribution is 5.67. The Bertz CT molecular complexity index is 367. The van der Waals surface area contributed by atoms with E-state index in [1.165, 1.54) is 0 Å². The van der Waals surface area contributed by atoms with Crippen LogP contribution in [0.25, 0.3) is 0 Å². The second-order valence-corrected chi connectivity index (χ2v) is 3.71. The molecule has 0 aromatic carbocycles. The normalized spacial score (nSPS) is 18.6. The fraction of sp³-hybridized carbons (Fsp3) is 0.500. The van der Waals surface area contributed by atoms with Crippen LogP contribution in [0, 0.1) is 0 Å². The summed E-state index contributed by atoms with van der Waals surface area (Å²) in [4.78, 5) is 10.6. The highest BCUT2D eigenvalue weighted by Gasteiger charge is 2.33. The molecule has 5 heteroatoms. The Balaban J connectivity index is 2.48. The fourth-order valence-corrected chi connectivity index (χ4v) is 1.56. The first-order chi connectivity index (χ1) is 6.00. The molecule has 0 radical (unpaired) electrons. The molecule has 13 heavy (non-hydrogen) atoms. The van der Waals surface area contributed by atoms with E-state index in [0.717, 1.165) is 15.9 Å². The Kier molecular flexibility index (Phi) is 1.47. The number of carbonyl (C=O) groups is 1. The van der Waals surface area contributed by atoms with E-state index < -0.39 is 6.09 Å². The van der Waals surface area contributed by atoms with Crippen molar-refractivity contribution >= 4 is 6.09 Å². The summed E-state index contributed by atoms with van der Waals surface area (Å²) in [6.45, 7) is 4.66. The molecule has 1 aromatic heterocycles. The fourth-order valence-electron chi connectivity index (χ4n) is 1.56. The molecule has 0 fully saturated rings. The minimum absolute atomic E-state index is 0.212. The average Bonchev–Trinajstić information content (AvgIpc) is 2.53. The molecular weight excluding hydrogens is 170 g/mol. The third-order valence-corrected chi connectivity index (χ3v) is 2.30. The maximum atomic E-state index is 10.6. The Morgan fingerprint density at radius 2 is 2.46 bits per heavy atom. The molecule has 0 saturated carbocycles. The predicted octanol–water partition coefficient (Wildman–Crippen LogP) is 0.747. The van der Waals surface area contributed by atoms with Gasteiger partial charge in [0.1, 0.15) is 0 Å². The Labute approximate surface area is 75.4 Å². The molecule has 0 aliphatic carbocycles. The Morgan fingerprint density at radius 1 is 1.77 bits per heavy atom. The van der Waals surface area contributed by atoms with Crippen LogP contribution < -0.4 is 5.32 Å². The number of hydrogen-bond donors (Lipinski definition) is 2. The Hall–Kier alpha value is -1.36. The van der Waals surface area contributed by atoms with Crippen LogP contribution in [0.1, 0.15) is 25.1 Å². The van der Waals surface area contributed by atoms with Crippen molar-refractivity contribution in [3.63, 3.8) is 0 Å². The molecule has 0 spiro atoms. The molecule has 0 unspecified atom stereocenters. The summed E-state index contributed by atoms with van der Waals surface area (Å²) in [6.07, 6.45) is 0.518. The molecule has 1 aliphatic rings. The minimum Gasteiger partial charge on any atom is -0.463 e. The molecule has 0 bridgehead atoms. The van der Waals surface area contributed by atoms with Gasteiger partial charge in [-0.05, 0) is 13.8 Å². The molecule has 2 N–H and O–H groups in total. The summed E-state index contributed by atoms with van der Waals surface area (Å²) in [5.74, 6) is 0. The van der Waals surface area contributed by atoms with Crippen LogP contribution in [-0.4, -0.2) is 21.0 Å². The summed E-state index contributed by atoms with van der Waals surface area (Å²) in [6, 6.07) is 0. The quantitative estimate of drug-likeness (QED) is 0.619. The van der Waals surface area contributed by atoms with Crippen molar-refractivity contribution in [1.29, 1.82) is 0 Å². The molecule has 2 rings (SSSR count). The summed E-state index contributed by atoms with van der Waals surface area (Å²) in [7, 11) is 0. The maximum absolute atomic E-state index is 10.6. The second-order valence-electron chi connectivity index (χ2n) is 3.71. The van der Waals surface area contributed by atoms with Gasteiger partial charge in [0.05, 0.1) is 11.2 Å². The SMILES string of the molecule is CC1(C)NCc2cn(C(=O)O)nc21. The van der Waals surface area contributed by atoms with Crippen molar-refractivity contribution in [2.45, 2.75) is 25.9 Å². The molecule has 0 atom stereocenters. The van der Waals surface area contributed by atoms with Crippen molar-refractivity contribution in [2.75, 3.05) is 0 Å². The van der Waals surface area contributed by atoms with Gasteiger partial charge in [-0.1, -0.05) is 0 Å². The van der Waals surface area contributed by atoms with Crippen LogP contribution in [0.3, 0.4) is 0 Å². The van der Waals surface area contributed by atoms with Crippen LogP contribution in [0.4, 0.5) is 4.79 Å². The van der Waals surface area contributed by atoms with Crippen molar-refractivity contribution in [3.8, 4) is 0 Å². The average molecular weight is 181 g/mol. The summed E-state index contributed by atoms with van der Waals surface area (Å²) >= 11 is 0. The molecule has 1 aromatic rings. The van der Waals surface area contributed by atoms with Crippen molar-refractivity contribution in [3.05, 3.63) is 17.5 Å². The molecule has 70 valence electrons. The van der Waals surface area contributed by atoms with E-state index in [4.69, 9.17) is 5.11 Å². The van der Waals surface area contributed by atoms with E-state index in [9.17, 15) is 4.79 Å². The third kappa shape index (κ3) is 1.12. The zero-order valence-corrected chi connectivity index (χ0v) is 7.53. The van der Waals surface area contributed by atoms with Crippen molar-refractivity contribution in [2.24, 2.45) is 0 Å². The number of carboxylic acid groups (broad SMARTS) is 1. The van der Waals surface area contributed by atoms with Crippen LogP contribution in [0.5, 0.6) is 0 Å². The van der Waals surface area contributed by atoms with E-state index in [-0.39, 0.29) is 5.54 Å². The van der Waals surface area contributed by atoms with E-state index in [0.29, 0.717) is 6.54 Å². The van der Waals surface area contributed by atoms with E-state index in [1.54, 1.807) is 6.20 Å². The molecule has 5 nitrogen and oxygen atoms in total. The van der Waals surface area contributed by atoms with Crippen LogP contribution in [-0.2, 0) is 12.1 Å². The zero-order valence-electron chi connectivity index (χ0n) is 7.53. The largest absolute Gasteiger partial charge is 0.463 e. The van der Waals surface area contributed by atoms with Crippen LogP contribution in [0.2, 0.25) is 0 Å². The van der Waals surface area contributed by atoms with Crippen LogP contribution >= 0.6 is 0 Å². The first-order valence-corrected chi connectivity index (χ1v) is 4.08. The first kappa shape index (κ1) is 8.25. The van der Waals surface area contributed by atoms with Gasteiger partial charge >= 0.3 is 6.09 Å². The topological polar surface area (TPSA) is 67.2 Å². The number of aromatic nitrogens is 2. The monoisotopic (exact) mass is 181 g/mol. The van der Waals surface area contributed by atoms with Gasteiger partial charge in [0.15, 0.2) is 0 Å². The smallest absolute Gasteiger partial charge is 0.432 e. The maximum Gasteiger partial charge on any atom is 0.432 e. The highest BCUT2D eigenvalue weighted by Crippen LogP contribution is 2.28. The van der Waals surface area contributed by atoms with E-state index >= 15 is 0 Å². The lowest BCUT2D eigenvalue weighted by Crippen LogP contribution is -2.30. The summed E-state index contributed by atoms with van der Waals surface area (Å²) < 4.78 is 0.966. The van der Waals surface area contributed by atoms with Gasteiger partial charge in [-0.25, -0.2) is 4.79 Å². The molecule has 0 saturated heterocycles. The zero-order chi connectivity index (χ0) is 9.64. The number of rotatable bonds is 0. The third-order valence-electron chi connectivity index (χ3n) is 2.30. The molecule has 2 heterocycles. The lowest BCUT2D eigenvalue weighted by atomic mass is 10.0. The standard InChI is InChI=1S/C8H11N3O2/c1-8(2)6-5(3-9-8)4-11(10-6)7(12)13/h4,9H,3H2,1-2H3,(H,12,13). The van der Waals surface area contributed by atoms with Gasteiger partial charge in [0, 0.05) is 18.3 Å². The lowest BCUT2D eigenvalue weighted by Gasteiger charge is -2.16. The van der Waals surface area contributed by atoms with Crippen molar-refractivity contribution < 1.29 is 9.90 Å². The van der Waals surface area contributed by atoms with Gasteiger partial charge in [-0.2, -0.15) is 9.78 Å². The van der Waals surface area contributed by atoms with Gasteiger partial charge in [-0.15, -0.1) is 0 Å². The molecule has 1 aliphatic heterocycles. The van der Waals surface area contributed by atoms with Crippen LogP contribution in [0.15, 0.2) is 6.20 Å². The minimum atomic E-state index is -1.04.